The fourth-order valence-corrected chi connectivity index (χ4v) is 2.85. The van der Waals surface area contributed by atoms with Crippen LogP contribution in [0.25, 0.3) is 0 Å². The molecule has 0 aliphatic carbocycles. The molecule has 2 aromatic rings. The lowest BCUT2D eigenvalue weighted by Crippen LogP contribution is -2.32. The smallest absolute Gasteiger partial charge is 0.241 e. The van der Waals surface area contributed by atoms with E-state index in [1.165, 1.54) is 16.4 Å². The number of benzene rings is 1. The van der Waals surface area contributed by atoms with Gasteiger partial charge in [-0.2, -0.15) is 5.10 Å². The highest BCUT2D eigenvalue weighted by molar-refractivity contribution is 7.89. The maximum absolute atomic E-state index is 11.9. The number of rotatable bonds is 8. The average Bonchev–Trinajstić information content (AvgIpc) is 3.07. The first-order chi connectivity index (χ1) is 12.2. The highest BCUT2D eigenvalue weighted by Gasteiger charge is 2.12. The van der Waals surface area contributed by atoms with Crippen LogP contribution in [0.4, 0.5) is 0 Å². The van der Waals surface area contributed by atoms with Crippen molar-refractivity contribution < 1.29 is 13.2 Å². The quantitative estimate of drug-likeness (QED) is 0.625. The molecular formula is C17H25N5O3S. The lowest BCUT2D eigenvalue weighted by molar-refractivity contribution is -0.121. The number of carbonyl (C=O) groups is 1. The molecule has 8 nitrogen and oxygen atoms in total. The molecule has 1 amide bonds. The Labute approximate surface area is 153 Å². The molecule has 0 saturated heterocycles. The van der Waals surface area contributed by atoms with Gasteiger partial charge in [0.25, 0.3) is 0 Å². The second-order valence-corrected chi connectivity index (χ2v) is 8.03. The van der Waals surface area contributed by atoms with E-state index in [1.54, 1.807) is 0 Å². The van der Waals surface area contributed by atoms with E-state index < -0.39 is 10.0 Å². The summed E-state index contributed by atoms with van der Waals surface area (Å²) in [5, 5.41) is 11.7. The van der Waals surface area contributed by atoms with Gasteiger partial charge in [0.15, 0.2) is 0 Å². The van der Waals surface area contributed by atoms with Gasteiger partial charge in [-0.3, -0.25) is 9.48 Å². The summed E-state index contributed by atoms with van der Waals surface area (Å²) in [4.78, 5) is 11.9. The van der Waals surface area contributed by atoms with Crippen LogP contribution in [-0.4, -0.2) is 30.7 Å². The number of nitrogens with two attached hydrogens (primary N) is 2. The Morgan fingerprint density at radius 2 is 1.85 bits per heavy atom. The van der Waals surface area contributed by atoms with Crippen LogP contribution in [0.5, 0.6) is 0 Å². The number of primary sulfonamides is 1. The SMILES string of the molecule is CC(C)c1ccc(C(N)CNC(=O)CCn2cc(S(N)(=O)=O)cn2)cc1. The molecule has 0 bridgehead atoms. The number of hydrogen-bond donors (Lipinski definition) is 3. The Morgan fingerprint density at radius 3 is 2.38 bits per heavy atom. The van der Waals surface area contributed by atoms with E-state index >= 15 is 0 Å². The van der Waals surface area contributed by atoms with Gasteiger partial charge < -0.3 is 11.1 Å². The molecule has 0 fully saturated rings. The minimum atomic E-state index is -3.78. The van der Waals surface area contributed by atoms with Gasteiger partial charge in [0.1, 0.15) is 4.90 Å². The first-order valence-corrected chi connectivity index (χ1v) is 9.89. The fourth-order valence-electron chi connectivity index (χ4n) is 2.39. The fraction of sp³-hybridized carbons (Fsp3) is 0.412. The molecule has 5 N–H and O–H groups in total. The van der Waals surface area contributed by atoms with Crippen LogP contribution in [0.3, 0.4) is 0 Å². The standard InChI is InChI=1S/C17H25N5O3S/c1-12(2)13-3-5-14(6-4-13)16(18)10-20-17(23)7-8-22-11-15(9-21-22)26(19,24)25/h3-6,9,11-12,16H,7-8,10,18H2,1-2H3,(H,20,23)(H2,19,24,25). The maximum Gasteiger partial charge on any atom is 0.241 e. The normalized spacial score (nSPS) is 13.0. The molecule has 0 aliphatic rings. The van der Waals surface area contributed by atoms with Gasteiger partial charge in [-0.25, -0.2) is 13.6 Å². The van der Waals surface area contributed by atoms with Gasteiger partial charge in [-0.05, 0) is 17.0 Å². The topological polar surface area (TPSA) is 133 Å². The summed E-state index contributed by atoms with van der Waals surface area (Å²) in [7, 11) is -3.78. The molecule has 1 atom stereocenters. The molecule has 0 aliphatic heterocycles. The summed E-state index contributed by atoms with van der Waals surface area (Å²) in [5.41, 5.74) is 8.31. The van der Waals surface area contributed by atoms with Gasteiger partial charge >= 0.3 is 0 Å². The van der Waals surface area contributed by atoms with Crippen molar-refractivity contribution in [1.29, 1.82) is 0 Å². The van der Waals surface area contributed by atoms with Crippen molar-refractivity contribution in [3.63, 3.8) is 0 Å². The lowest BCUT2D eigenvalue weighted by Gasteiger charge is -2.14. The van der Waals surface area contributed by atoms with Crippen LogP contribution in [0.15, 0.2) is 41.6 Å². The average molecular weight is 379 g/mol. The summed E-state index contributed by atoms with van der Waals surface area (Å²) in [5.74, 6) is 0.268. The van der Waals surface area contributed by atoms with Crippen LogP contribution >= 0.6 is 0 Å². The highest BCUT2D eigenvalue weighted by Crippen LogP contribution is 2.17. The van der Waals surface area contributed by atoms with Crippen LogP contribution in [0.1, 0.15) is 43.4 Å². The number of nitrogens with zero attached hydrogens (tertiary/aromatic N) is 2. The molecule has 0 saturated carbocycles. The van der Waals surface area contributed by atoms with E-state index in [4.69, 9.17) is 10.9 Å². The van der Waals surface area contributed by atoms with Crippen LogP contribution in [0.2, 0.25) is 0 Å². The molecule has 0 radical (unpaired) electrons. The second-order valence-electron chi connectivity index (χ2n) is 6.47. The first kappa shape index (κ1) is 20.1. The van der Waals surface area contributed by atoms with E-state index in [-0.39, 0.29) is 29.8 Å². The zero-order valence-electron chi connectivity index (χ0n) is 14.9. The summed E-state index contributed by atoms with van der Waals surface area (Å²) in [6.45, 7) is 4.82. The molecule has 142 valence electrons. The summed E-state index contributed by atoms with van der Waals surface area (Å²) in [6, 6.07) is 7.75. The Hall–Kier alpha value is -2.23. The van der Waals surface area contributed by atoms with Crippen molar-refractivity contribution in [2.24, 2.45) is 10.9 Å². The van der Waals surface area contributed by atoms with E-state index in [0.717, 1.165) is 11.8 Å². The Bertz CT molecular complexity index is 844. The van der Waals surface area contributed by atoms with Crippen LogP contribution in [-0.2, 0) is 21.4 Å². The van der Waals surface area contributed by atoms with Gasteiger partial charge in [0, 0.05) is 31.7 Å². The molecule has 26 heavy (non-hydrogen) atoms. The molecule has 1 heterocycles. The van der Waals surface area contributed by atoms with Crippen molar-refractivity contribution in [2.45, 2.75) is 43.7 Å². The Kier molecular flexibility index (Phi) is 6.52. The van der Waals surface area contributed by atoms with Crippen molar-refractivity contribution in [1.82, 2.24) is 15.1 Å². The van der Waals surface area contributed by atoms with Crippen LogP contribution in [0, 0.1) is 0 Å². The number of carbonyl (C=O) groups excluding carboxylic acids is 1. The molecule has 9 heteroatoms. The van der Waals surface area contributed by atoms with Gasteiger partial charge in [0.2, 0.25) is 15.9 Å². The van der Waals surface area contributed by atoms with Crippen molar-refractivity contribution in [3.05, 3.63) is 47.8 Å². The maximum atomic E-state index is 11.9. The van der Waals surface area contributed by atoms with Gasteiger partial charge in [-0.1, -0.05) is 38.1 Å². The third kappa shape index (κ3) is 5.65. The van der Waals surface area contributed by atoms with Gasteiger partial charge in [0.05, 0.1) is 6.20 Å². The largest absolute Gasteiger partial charge is 0.354 e. The third-order valence-corrected chi connectivity index (χ3v) is 4.92. The van der Waals surface area contributed by atoms with E-state index in [0.29, 0.717) is 12.5 Å². The number of sulfonamides is 1. The van der Waals surface area contributed by atoms with Gasteiger partial charge in [-0.15, -0.1) is 0 Å². The summed E-state index contributed by atoms with van der Waals surface area (Å²) in [6.07, 6.45) is 2.61. The minimum Gasteiger partial charge on any atom is -0.354 e. The monoisotopic (exact) mass is 379 g/mol. The molecular weight excluding hydrogens is 354 g/mol. The van der Waals surface area contributed by atoms with E-state index in [1.807, 2.05) is 24.3 Å². The van der Waals surface area contributed by atoms with E-state index in [2.05, 4.69) is 24.3 Å². The van der Waals surface area contributed by atoms with Crippen molar-refractivity contribution in [3.8, 4) is 0 Å². The summed E-state index contributed by atoms with van der Waals surface area (Å²) >= 11 is 0. The van der Waals surface area contributed by atoms with Crippen molar-refractivity contribution >= 4 is 15.9 Å². The predicted octanol–water partition coefficient (Wildman–Crippen LogP) is 0.860. The molecule has 1 unspecified atom stereocenters. The highest BCUT2D eigenvalue weighted by atomic mass is 32.2. The number of hydrogen-bond acceptors (Lipinski definition) is 5. The number of aryl methyl sites for hydroxylation is 1. The molecule has 0 spiro atoms. The first-order valence-electron chi connectivity index (χ1n) is 8.34. The molecule has 2 rings (SSSR count). The number of aromatic nitrogens is 2. The van der Waals surface area contributed by atoms with Crippen molar-refractivity contribution in [2.75, 3.05) is 6.54 Å². The number of nitrogens with one attached hydrogen (secondary N) is 1. The third-order valence-electron chi connectivity index (χ3n) is 4.06. The Balaban J connectivity index is 1.80. The minimum absolute atomic E-state index is 0.0789. The Morgan fingerprint density at radius 1 is 1.23 bits per heavy atom. The van der Waals surface area contributed by atoms with Crippen LogP contribution < -0.4 is 16.2 Å². The molecule has 1 aromatic heterocycles. The summed E-state index contributed by atoms with van der Waals surface area (Å²) < 4.78 is 23.7. The lowest BCUT2D eigenvalue weighted by atomic mass is 9.99. The molecule has 1 aromatic carbocycles. The second kappa shape index (κ2) is 8.43. The van der Waals surface area contributed by atoms with E-state index in [9.17, 15) is 13.2 Å². The zero-order chi connectivity index (χ0) is 19.3. The predicted molar refractivity (Wildman–Crippen MR) is 98.7 cm³/mol. The zero-order valence-corrected chi connectivity index (χ0v) is 15.7. The number of amides is 1.